The van der Waals surface area contributed by atoms with Crippen LogP contribution < -0.4 is 5.32 Å². The highest BCUT2D eigenvalue weighted by molar-refractivity contribution is 7.90. The molecule has 1 aliphatic heterocycles. The zero-order valence-corrected chi connectivity index (χ0v) is 11.2. The van der Waals surface area contributed by atoms with Crippen molar-refractivity contribution in [3.05, 3.63) is 35.4 Å². The molecular weight excluding hydrogens is 250 g/mol. The number of nitrogens with one attached hydrogen (secondary N) is 1. The molecule has 1 aromatic rings. The Morgan fingerprint density at radius 1 is 1.33 bits per heavy atom. The van der Waals surface area contributed by atoms with E-state index in [1.165, 1.54) is 11.1 Å². The summed E-state index contributed by atoms with van der Waals surface area (Å²) in [6, 6.07) is 7.75. The molecule has 5 heteroatoms. The highest BCUT2D eigenvalue weighted by Gasteiger charge is 2.24. The van der Waals surface area contributed by atoms with E-state index in [2.05, 4.69) is 5.32 Å². The van der Waals surface area contributed by atoms with Crippen molar-refractivity contribution in [2.45, 2.75) is 25.4 Å². The topological polar surface area (TPSA) is 63.2 Å². The lowest BCUT2D eigenvalue weighted by atomic mass is 9.93. The molecule has 0 saturated carbocycles. The molecule has 0 saturated heterocycles. The van der Waals surface area contributed by atoms with Gasteiger partial charge in [0.25, 0.3) is 0 Å². The first kappa shape index (κ1) is 13.2. The number of Topliss-reactive ketones (excluding diaryl/α,β-unsaturated/α-hetero) is 1. The van der Waals surface area contributed by atoms with Crippen LogP contribution in [0.5, 0.6) is 0 Å². The second kappa shape index (κ2) is 5.20. The third-order valence-electron chi connectivity index (χ3n) is 3.19. The number of sulfone groups is 1. The van der Waals surface area contributed by atoms with E-state index in [1.54, 1.807) is 0 Å². The van der Waals surface area contributed by atoms with E-state index in [0.717, 1.165) is 6.26 Å². The Morgan fingerprint density at radius 2 is 2.00 bits per heavy atom. The SMILES string of the molecule is CS(=O)(=O)CCC(=O)C1Cc2ccccc2CN1. The molecule has 1 heterocycles. The quantitative estimate of drug-likeness (QED) is 0.872. The van der Waals surface area contributed by atoms with Gasteiger partial charge in [-0.05, 0) is 17.5 Å². The number of rotatable bonds is 4. The summed E-state index contributed by atoms with van der Waals surface area (Å²) in [6.07, 6.45) is 1.90. The average molecular weight is 267 g/mol. The summed E-state index contributed by atoms with van der Waals surface area (Å²) in [6.45, 7) is 0.672. The first-order valence-corrected chi connectivity index (χ1v) is 8.02. The van der Waals surface area contributed by atoms with Crippen LogP contribution >= 0.6 is 0 Å². The van der Waals surface area contributed by atoms with Crippen LogP contribution in [0.25, 0.3) is 0 Å². The first-order valence-electron chi connectivity index (χ1n) is 5.96. The van der Waals surface area contributed by atoms with Crippen molar-refractivity contribution in [2.75, 3.05) is 12.0 Å². The highest BCUT2D eigenvalue weighted by atomic mass is 32.2. The molecular formula is C13H17NO3S. The summed E-state index contributed by atoms with van der Waals surface area (Å²) in [5.74, 6) is -0.0824. The maximum absolute atomic E-state index is 11.9. The molecule has 2 rings (SSSR count). The van der Waals surface area contributed by atoms with Crippen molar-refractivity contribution >= 4 is 15.6 Å². The summed E-state index contributed by atoms with van der Waals surface area (Å²) in [4.78, 5) is 11.9. The van der Waals surface area contributed by atoms with Crippen molar-refractivity contribution < 1.29 is 13.2 Å². The molecule has 0 spiro atoms. The fourth-order valence-electron chi connectivity index (χ4n) is 2.14. The van der Waals surface area contributed by atoms with Gasteiger partial charge in [0, 0.05) is 19.2 Å². The van der Waals surface area contributed by atoms with Crippen LogP contribution in [0.2, 0.25) is 0 Å². The molecule has 0 fully saturated rings. The fourth-order valence-corrected chi connectivity index (χ4v) is 2.71. The number of fused-ring (bicyclic) bond motifs is 1. The minimum Gasteiger partial charge on any atom is -0.303 e. The Bertz CT molecular complexity index is 551. The predicted octanol–water partition coefficient (Wildman–Crippen LogP) is 0.705. The van der Waals surface area contributed by atoms with E-state index >= 15 is 0 Å². The lowest BCUT2D eigenvalue weighted by Crippen LogP contribution is -2.42. The third-order valence-corrected chi connectivity index (χ3v) is 4.13. The van der Waals surface area contributed by atoms with E-state index in [-0.39, 0.29) is 24.0 Å². The standard InChI is InChI=1S/C13H17NO3S/c1-18(16,17)7-6-13(15)12-8-10-4-2-3-5-11(10)9-14-12/h2-5,12,14H,6-9H2,1H3. The van der Waals surface area contributed by atoms with Crippen molar-refractivity contribution in [3.8, 4) is 0 Å². The minimum atomic E-state index is -3.07. The number of carbonyl (C=O) groups is 1. The van der Waals surface area contributed by atoms with Gasteiger partial charge in [-0.15, -0.1) is 0 Å². The van der Waals surface area contributed by atoms with Gasteiger partial charge < -0.3 is 5.32 Å². The Kier molecular flexibility index (Phi) is 3.82. The van der Waals surface area contributed by atoms with Crippen LogP contribution in [-0.4, -0.2) is 32.3 Å². The summed E-state index contributed by atoms with van der Waals surface area (Å²) in [5, 5.41) is 3.17. The molecule has 4 nitrogen and oxygen atoms in total. The molecule has 1 N–H and O–H groups in total. The molecule has 1 unspecified atom stereocenters. The summed E-state index contributed by atoms with van der Waals surface area (Å²) < 4.78 is 22.1. The van der Waals surface area contributed by atoms with Crippen molar-refractivity contribution in [3.63, 3.8) is 0 Å². The minimum absolute atomic E-state index is 0.0186. The Morgan fingerprint density at radius 3 is 2.67 bits per heavy atom. The Hall–Kier alpha value is -1.20. The zero-order valence-electron chi connectivity index (χ0n) is 10.3. The van der Waals surface area contributed by atoms with Gasteiger partial charge in [0.2, 0.25) is 0 Å². The second-order valence-corrected chi connectivity index (χ2v) is 7.01. The Balaban J connectivity index is 1.99. The number of hydrogen-bond acceptors (Lipinski definition) is 4. The molecule has 1 atom stereocenters. The van der Waals surface area contributed by atoms with Gasteiger partial charge in [0.15, 0.2) is 5.78 Å². The molecule has 0 amide bonds. The lowest BCUT2D eigenvalue weighted by molar-refractivity contribution is -0.120. The number of carbonyl (C=O) groups excluding carboxylic acids is 1. The van der Waals surface area contributed by atoms with E-state index in [9.17, 15) is 13.2 Å². The van der Waals surface area contributed by atoms with Gasteiger partial charge in [0.1, 0.15) is 9.84 Å². The maximum Gasteiger partial charge on any atom is 0.151 e. The maximum atomic E-state index is 11.9. The summed E-state index contributed by atoms with van der Waals surface area (Å²) >= 11 is 0. The van der Waals surface area contributed by atoms with Crippen LogP contribution in [0.3, 0.4) is 0 Å². The van der Waals surface area contributed by atoms with Crippen LogP contribution in [0.4, 0.5) is 0 Å². The van der Waals surface area contributed by atoms with Crippen molar-refractivity contribution in [2.24, 2.45) is 0 Å². The van der Waals surface area contributed by atoms with Crippen LogP contribution in [0, 0.1) is 0 Å². The smallest absolute Gasteiger partial charge is 0.151 e. The van der Waals surface area contributed by atoms with E-state index in [1.807, 2.05) is 24.3 Å². The summed E-state index contributed by atoms with van der Waals surface area (Å²) in [5.41, 5.74) is 2.39. The predicted molar refractivity (Wildman–Crippen MR) is 70.1 cm³/mol. The van der Waals surface area contributed by atoms with Gasteiger partial charge in [-0.25, -0.2) is 8.42 Å². The monoisotopic (exact) mass is 267 g/mol. The van der Waals surface area contributed by atoms with Crippen LogP contribution in [0.15, 0.2) is 24.3 Å². The normalized spacial score (nSPS) is 19.3. The highest BCUT2D eigenvalue weighted by Crippen LogP contribution is 2.17. The van der Waals surface area contributed by atoms with Crippen molar-refractivity contribution in [1.82, 2.24) is 5.32 Å². The van der Waals surface area contributed by atoms with E-state index < -0.39 is 9.84 Å². The number of hydrogen-bond donors (Lipinski definition) is 1. The van der Waals surface area contributed by atoms with Gasteiger partial charge in [-0.1, -0.05) is 24.3 Å². The number of benzene rings is 1. The van der Waals surface area contributed by atoms with Crippen molar-refractivity contribution in [1.29, 1.82) is 0 Å². The third kappa shape index (κ3) is 3.40. The Labute approximate surface area is 107 Å². The first-order chi connectivity index (χ1) is 8.46. The van der Waals surface area contributed by atoms with E-state index in [0.29, 0.717) is 13.0 Å². The van der Waals surface area contributed by atoms with Gasteiger partial charge in [-0.3, -0.25) is 4.79 Å². The lowest BCUT2D eigenvalue weighted by Gasteiger charge is -2.25. The van der Waals surface area contributed by atoms with Crippen LogP contribution in [0.1, 0.15) is 17.5 Å². The molecule has 0 aliphatic carbocycles. The molecule has 0 bridgehead atoms. The molecule has 0 aromatic heterocycles. The molecule has 98 valence electrons. The van der Waals surface area contributed by atoms with Gasteiger partial charge in [0.05, 0.1) is 11.8 Å². The van der Waals surface area contributed by atoms with E-state index in [4.69, 9.17) is 0 Å². The van der Waals surface area contributed by atoms with Gasteiger partial charge in [-0.2, -0.15) is 0 Å². The average Bonchev–Trinajstić information content (AvgIpc) is 2.34. The van der Waals surface area contributed by atoms with Crippen LogP contribution in [-0.2, 0) is 27.6 Å². The zero-order chi connectivity index (χ0) is 13.2. The van der Waals surface area contributed by atoms with Gasteiger partial charge >= 0.3 is 0 Å². The second-order valence-electron chi connectivity index (χ2n) is 4.75. The largest absolute Gasteiger partial charge is 0.303 e. The summed E-state index contributed by atoms with van der Waals surface area (Å²) in [7, 11) is -3.07. The number of ketones is 1. The molecule has 18 heavy (non-hydrogen) atoms. The molecule has 1 aromatic carbocycles. The molecule has 1 aliphatic rings. The molecule has 0 radical (unpaired) electrons. The fraction of sp³-hybridized carbons (Fsp3) is 0.462.